The third kappa shape index (κ3) is 11.3. The van der Waals surface area contributed by atoms with Crippen LogP contribution in [0.15, 0.2) is 23.5 Å². The molecule has 1 aromatic rings. The lowest BCUT2D eigenvalue weighted by Crippen LogP contribution is -2.46. The van der Waals surface area contributed by atoms with E-state index in [0.29, 0.717) is 0 Å². The second kappa shape index (κ2) is 13.8. The first-order valence-electron chi connectivity index (χ1n) is 12.8. The summed E-state index contributed by atoms with van der Waals surface area (Å²) in [5.74, 6) is -0.557. The first-order chi connectivity index (χ1) is 17.7. The molecule has 220 valence electrons. The molecule has 0 aliphatic carbocycles. The van der Waals surface area contributed by atoms with Gasteiger partial charge in [0.25, 0.3) is 5.91 Å². The fourth-order valence-electron chi connectivity index (χ4n) is 3.24. The Bertz CT molecular complexity index is 1100. The summed E-state index contributed by atoms with van der Waals surface area (Å²) >= 11 is 7.19. The van der Waals surface area contributed by atoms with E-state index in [2.05, 4.69) is 67.9 Å². The number of carbonyl (C=O) groups is 3. The van der Waals surface area contributed by atoms with Crippen molar-refractivity contribution < 1.29 is 23.9 Å². The van der Waals surface area contributed by atoms with Crippen LogP contribution in [0.2, 0.25) is 29.8 Å². The molecule has 0 aliphatic heterocycles. The van der Waals surface area contributed by atoms with Crippen molar-refractivity contribution in [3.63, 3.8) is 0 Å². The fourth-order valence-corrected chi connectivity index (χ4v) is 5.15. The third-order valence-corrected chi connectivity index (χ3v) is 12.3. The van der Waals surface area contributed by atoms with Gasteiger partial charge in [-0.15, -0.1) is 0 Å². The van der Waals surface area contributed by atoms with E-state index < -0.39 is 31.7 Å². The molecule has 0 saturated carbocycles. The molecule has 0 fully saturated rings. The Hall–Kier alpha value is -2.37. The standard InChI is InChI=1S/C27H45ClN4O5SSi/c1-16(17(2)14-27(7,8)39(10,11)12)13-20(33)31-24-32-22(28)21(38-24)23(34)30-19(18(3)36-9)15-29-25(35)37-26(4,5)6/h19H,3,13-15H2,1-2,4-12H3,(H,29,35)(H,30,34)(H,31,32,33). The van der Waals surface area contributed by atoms with Crippen LogP contribution in [-0.2, 0) is 14.3 Å². The number of alkyl carbamates (subject to hydrolysis) is 1. The second-order valence-electron chi connectivity index (χ2n) is 12.3. The quantitative estimate of drug-likeness (QED) is 0.139. The lowest BCUT2D eigenvalue weighted by atomic mass is 9.97. The van der Waals surface area contributed by atoms with Gasteiger partial charge in [-0.05, 0) is 46.1 Å². The van der Waals surface area contributed by atoms with Crippen LogP contribution in [0.25, 0.3) is 0 Å². The summed E-state index contributed by atoms with van der Waals surface area (Å²) in [6, 6.07) is -0.762. The summed E-state index contributed by atoms with van der Waals surface area (Å²) < 4.78 is 10.4. The molecule has 1 atom stereocenters. The number of nitrogens with one attached hydrogen (secondary N) is 3. The molecule has 39 heavy (non-hydrogen) atoms. The highest BCUT2D eigenvalue weighted by Gasteiger charge is 2.34. The molecule has 0 aromatic carbocycles. The Morgan fingerprint density at radius 1 is 1.10 bits per heavy atom. The maximum Gasteiger partial charge on any atom is 0.407 e. The lowest BCUT2D eigenvalue weighted by molar-refractivity contribution is -0.115. The maximum atomic E-state index is 13.0. The molecule has 1 heterocycles. The first-order valence-corrected chi connectivity index (χ1v) is 17.5. The molecular weight excluding hydrogens is 556 g/mol. The van der Waals surface area contributed by atoms with Gasteiger partial charge >= 0.3 is 6.09 Å². The molecule has 0 aliphatic rings. The highest BCUT2D eigenvalue weighted by Crippen LogP contribution is 2.43. The molecule has 0 bridgehead atoms. The van der Waals surface area contributed by atoms with Crippen LogP contribution in [0.5, 0.6) is 0 Å². The average Bonchev–Trinajstić information content (AvgIpc) is 3.13. The first kappa shape index (κ1) is 34.7. The number of methoxy groups -OCH3 is 1. The van der Waals surface area contributed by atoms with Crippen molar-refractivity contribution in [3.05, 3.63) is 33.5 Å². The summed E-state index contributed by atoms with van der Waals surface area (Å²) in [5.41, 5.74) is 1.55. The number of halogens is 1. The summed E-state index contributed by atoms with van der Waals surface area (Å²) in [6.45, 7) is 24.7. The lowest BCUT2D eigenvalue weighted by Gasteiger charge is -2.38. The van der Waals surface area contributed by atoms with Gasteiger partial charge in [0.2, 0.25) is 5.91 Å². The number of thiazole rings is 1. The normalized spacial score (nSPS) is 13.6. The Balaban J connectivity index is 2.88. The van der Waals surface area contributed by atoms with Crippen molar-refractivity contribution in [2.45, 2.75) is 97.6 Å². The molecule has 12 heteroatoms. The van der Waals surface area contributed by atoms with Gasteiger partial charge in [0.15, 0.2) is 10.3 Å². The van der Waals surface area contributed by atoms with Gasteiger partial charge in [-0.1, -0.05) is 74.2 Å². The zero-order valence-electron chi connectivity index (χ0n) is 25.2. The molecule has 0 saturated heterocycles. The number of carbonyl (C=O) groups excluding carboxylic acids is 3. The zero-order valence-corrected chi connectivity index (χ0v) is 27.8. The predicted octanol–water partition coefficient (Wildman–Crippen LogP) is 6.75. The topological polar surface area (TPSA) is 119 Å². The number of amides is 3. The molecule has 3 N–H and O–H groups in total. The molecule has 1 aromatic heterocycles. The molecule has 0 radical (unpaired) electrons. The molecule has 3 amide bonds. The van der Waals surface area contributed by atoms with Gasteiger partial charge in [-0.3, -0.25) is 9.59 Å². The number of nitrogens with zero attached hydrogens (tertiary/aromatic N) is 1. The van der Waals surface area contributed by atoms with Crippen molar-refractivity contribution in [1.82, 2.24) is 15.6 Å². The highest BCUT2D eigenvalue weighted by molar-refractivity contribution is 7.18. The molecule has 1 rings (SSSR count). The van der Waals surface area contributed by atoms with Crippen LogP contribution in [0.3, 0.4) is 0 Å². The molecule has 1 unspecified atom stereocenters. The number of allylic oxidation sites excluding steroid dienone is 1. The smallest absolute Gasteiger partial charge is 0.407 e. The summed E-state index contributed by atoms with van der Waals surface area (Å²) in [4.78, 5) is 42.0. The number of hydrogen-bond acceptors (Lipinski definition) is 7. The molecule has 0 spiro atoms. The van der Waals surface area contributed by atoms with Crippen molar-refractivity contribution >= 4 is 54.1 Å². The van der Waals surface area contributed by atoms with Gasteiger partial charge in [-0.25, -0.2) is 9.78 Å². The van der Waals surface area contributed by atoms with Crippen LogP contribution < -0.4 is 16.0 Å². The van der Waals surface area contributed by atoms with Crippen LogP contribution in [0.1, 0.15) is 71.0 Å². The van der Waals surface area contributed by atoms with Gasteiger partial charge in [-0.2, -0.15) is 0 Å². The van der Waals surface area contributed by atoms with Gasteiger partial charge in [0, 0.05) is 13.0 Å². The summed E-state index contributed by atoms with van der Waals surface area (Å²) in [7, 11) is 0.0224. The van der Waals surface area contributed by atoms with Gasteiger partial charge in [0.05, 0.1) is 15.2 Å². The fraction of sp³-hybridized carbons (Fsp3) is 0.630. The highest BCUT2D eigenvalue weighted by atomic mass is 35.5. The van der Waals surface area contributed by atoms with Crippen LogP contribution in [-0.4, -0.2) is 56.3 Å². The van der Waals surface area contributed by atoms with Crippen molar-refractivity contribution in [2.24, 2.45) is 0 Å². The van der Waals surface area contributed by atoms with E-state index >= 15 is 0 Å². The number of ether oxygens (including phenoxy) is 2. The SMILES string of the molecule is C=C(OC)C(CNC(=O)OC(C)(C)C)NC(=O)c1sc(NC(=O)CC(C)=C(C)CC(C)(C)[Si](C)(C)C)nc1Cl. The largest absolute Gasteiger partial charge is 0.499 e. The van der Waals surface area contributed by atoms with E-state index in [0.717, 1.165) is 23.3 Å². The van der Waals surface area contributed by atoms with Crippen LogP contribution in [0, 0.1) is 0 Å². The minimum absolute atomic E-state index is 0.0210. The van der Waals surface area contributed by atoms with Gasteiger partial charge < -0.3 is 25.4 Å². The Kier molecular flexibility index (Phi) is 12.3. The monoisotopic (exact) mass is 600 g/mol. The molecular formula is C27H45ClN4O5SSi. The predicted molar refractivity (Wildman–Crippen MR) is 162 cm³/mol. The second-order valence-corrected chi connectivity index (χ2v) is 19.5. The maximum absolute atomic E-state index is 13.0. The minimum Gasteiger partial charge on any atom is -0.499 e. The summed E-state index contributed by atoms with van der Waals surface area (Å²) in [5, 5.41) is 8.44. The average molecular weight is 601 g/mol. The van der Waals surface area contributed by atoms with E-state index in [-0.39, 0.29) is 44.8 Å². The Labute approximate surface area is 243 Å². The van der Waals surface area contributed by atoms with E-state index in [1.54, 1.807) is 20.8 Å². The van der Waals surface area contributed by atoms with E-state index in [9.17, 15) is 14.4 Å². The number of aromatic nitrogens is 1. The van der Waals surface area contributed by atoms with Crippen molar-refractivity contribution in [3.8, 4) is 0 Å². The molecule has 9 nitrogen and oxygen atoms in total. The number of rotatable bonds is 12. The van der Waals surface area contributed by atoms with Gasteiger partial charge in [0.1, 0.15) is 22.3 Å². The minimum atomic E-state index is -1.39. The van der Waals surface area contributed by atoms with Crippen molar-refractivity contribution in [1.29, 1.82) is 0 Å². The van der Waals surface area contributed by atoms with E-state index in [4.69, 9.17) is 21.1 Å². The van der Waals surface area contributed by atoms with Crippen LogP contribution in [0.4, 0.5) is 9.93 Å². The van der Waals surface area contributed by atoms with E-state index in [1.807, 2.05) is 6.92 Å². The third-order valence-electron chi connectivity index (χ3n) is 6.74. The number of hydrogen-bond donors (Lipinski definition) is 3. The van der Waals surface area contributed by atoms with E-state index in [1.165, 1.54) is 12.7 Å². The van der Waals surface area contributed by atoms with Crippen LogP contribution >= 0.6 is 22.9 Å². The summed E-state index contributed by atoms with van der Waals surface area (Å²) in [6.07, 6.45) is 0.514. The zero-order chi connectivity index (χ0) is 30.3. The number of anilines is 1. The van der Waals surface area contributed by atoms with Crippen molar-refractivity contribution in [2.75, 3.05) is 19.0 Å². The Morgan fingerprint density at radius 2 is 1.69 bits per heavy atom. The Morgan fingerprint density at radius 3 is 2.21 bits per heavy atom.